The molecular weight excluding hydrogens is 335 g/mol. The van der Waals surface area contributed by atoms with E-state index in [-0.39, 0.29) is 22.0 Å². The van der Waals surface area contributed by atoms with Crippen molar-refractivity contribution in [2.24, 2.45) is 0 Å². The van der Waals surface area contributed by atoms with Crippen LogP contribution in [0.25, 0.3) is 12.2 Å². The fraction of sp³-hybridized carbons (Fsp3) is 0.231. The predicted molar refractivity (Wildman–Crippen MR) is 77.0 cm³/mol. The van der Waals surface area contributed by atoms with Gasteiger partial charge in [0.25, 0.3) is 5.56 Å². The third-order valence-corrected chi connectivity index (χ3v) is 3.75. The molecular formula is C13H10F3N3O3S. The lowest BCUT2D eigenvalue weighted by molar-refractivity contribution is -0.138. The molecule has 2 aromatic rings. The summed E-state index contributed by atoms with van der Waals surface area (Å²) in [6, 6.07) is 0. The Kier molecular flexibility index (Phi) is 4.64. The predicted octanol–water partition coefficient (Wildman–Crippen LogP) is 2.35. The van der Waals surface area contributed by atoms with Gasteiger partial charge >= 0.3 is 12.1 Å². The number of carboxylic acids is 1. The summed E-state index contributed by atoms with van der Waals surface area (Å²) in [5.74, 6) is -1.04. The van der Waals surface area contributed by atoms with Gasteiger partial charge in [-0.25, -0.2) is 9.97 Å². The van der Waals surface area contributed by atoms with E-state index in [0.717, 1.165) is 6.20 Å². The van der Waals surface area contributed by atoms with Crippen molar-refractivity contribution in [3.05, 3.63) is 43.5 Å². The summed E-state index contributed by atoms with van der Waals surface area (Å²) in [7, 11) is 0. The average molecular weight is 345 g/mol. The molecule has 0 aliphatic rings. The van der Waals surface area contributed by atoms with Crippen LogP contribution < -0.4 is 5.56 Å². The molecule has 122 valence electrons. The zero-order chi connectivity index (χ0) is 17.2. The first-order chi connectivity index (χ1) is 10.7. The van der Waals surface area contributed by atoms with Crippen LogP contribution in [-0.2, 0) is 17.4 Å². The third-order valence-electron chi connectivity index (χ3n) is 2.74. The molecule has 2 aromatic heterocycles. The lowest BCUT2D eigenvalue weighted by Gasteiger charge is -2.02. The number of carboxylic acid groups (broad SMARTS) is 1. The first kappa shape index (κ1) is 16.9. The lowest BCUT2D eigenvalue weighted by Crippen LogP contribution is -2.20. The fourth-order valence-corrected chi connectivity index (χ4v) is 2.41. The summed E-state index contributed by atoms with van der Waals surface area (Å²) in [4.78, 5) is 32.3. The first-order valence-electron chi connectivity index (χ1n) is 6.19. The lowest BCUT2D eigenvalue weighted by atomic mass is 10.2. The minimum Gasteiger partial charge on any atom is -0.481 e. The number of alkyl halides is 3. The second-order valence-corrected chi connectivity index (χ2v) is 5.55. The fourth-order valence-electron chi connectivity index (χ4n) is 1.73. The number of hydrogen-bond donors (Lipinski definition) is 2. The number of carbonyl (C=O) groups is 1. The molecule has 0 amide bonds. The molecule has 23 heavy (non-hydrogen) atoms. The van der Waals surface area contributed by atoms with Crippen molar-refractivity contribution in [1.82, 2.24) is 15.0 Å². The quantitative estimate of drug-likeness (QED) is 0.887. The number of H-pyrrole nitrogens is 1. The molecule has 0 spiro atoms. The smallest absolute Gasteiger partial charge is 0.443 e. The SMILES string of the molecule is Cc1nc(/C=C/c2cnc(C(F)(F)F)s2)[nH]c(=O)c1CC(=O)O. The zero-order valence-corrected chi connectivity index (χ0v) is 12.5. The van der Waals surface area contributed by atoms with Gasteiger partial charge in [0.2, 0.25) is 0 Å². The van der Waals surface area contributed by atoms with Crippen LogP contribution in [0.5, 0.6) is 0 Å². The molecule has 0 aliphatic heterocycles. The molecule has 0 aromatic carbocycles. The number of halogens is 3. The monoisotopic (exact) mass is 345 g/mol. The standard InChI is InChI=1S/C13H10F3N3O3S/c1-6-8(4-10(20)21)11(22)19-9(18-6)3-2-7-5-17-12(23-7)13(14,15)16/h2-3,5H,4H2,1H3,(H,20,21)(H,18,19,22)/b3-2+. The van der Waals surface area contributed by atoms with Crippen LogP contribution in [0.15, 0.2) is 11.0 Å². The van der Waals surface area contributed by atoms with Crippen molar-refractivity contribution < 1.29 is 23.1 Å². The largest absolute Gasteiger partial charge is 0.481 e. The van der Waals surface area contributed by atoms with Crippen molar-refractivity contribution in [2.45, 2.75) is 19.5 Å². The van der Waals surface area contributed by atoms with E-state index in [1.54, 1.807) is 0 Å². The molecule has 0 bridgehead atoms. The second-order valence-electron chi connectivity index (χ2n) is 4.48. The van der Waals surface area contributed by atoms with E-state index in [4.69, 9.17) is 5.11 Å². The Labute approximate surface area is 131 Å². The number of nitrogens with one attached hydrogen (secondary N) is 1. The van der Waals surface area contributed by atoms with Gasteiger partial charge in [-0.2, -0.15) is 13.2 Å². The number of aryl methyl sites for hydroxylation is 1. The van der Waals surface area contributed by atoms with E-state index in [1.165, 1.54) is 19.1 Å². The Morgan fingerprint density at radius 1 is 1.43 bits per heavy atom. The van der Waals surface area contributed by atoms with E-state index < -0.39 is 29.1 Å². The van der Waals surface area contributed by atoms with Gasteiger partial charge in [-0.3, -0.25) is 9.59 Å². The van der Waals surface area contributed by atoms with Crippen molar-refractivity contribution in [1.29, 1.82) is 0 Å². The van der Waals surface area contributed by atoms with Crippen LogP contribution in [0.2, 0.25) is 0 Å². The molecule has 0 saturated carbocycles. The summed E-state index contributed by atoms with van der Waals surface area (Å²) in [6.07, 6.45) is -1.23. The van der Waals surface area contributed by atoms with Crippen molar-refractivity contribution in [2.75, 3.05) is 0 Å². The van der Waals surface area contributed by atoms with Gasteiger partial charge < -0.3 is 10.1 Å². The topological polar surface area (TPSA) is 95.9 Å². The van der Waals surface area contributed by atoms with Gasteiger partial charge in [0.1, 0.15) is 5.82 Å². The zero-order valence-electron chi connectivity index (χ0n) is 11.6. The van der Waals surface area contributed by atoms with E-state index in [9.17, 15) is 22.8 Å². The first-order valence-corrected chi connectivity index (χ1v) is 7.01. The van der Waals surface area contributed by atoms with Gasteiger partial charge in [0.05, 0.1) is 6.42 Å². The minimum atomic E-state index is -4.50. The molecule has 0 radical (unpaired) electrons. The number of thiazole rings is 1. The molecule has 0 saturated heterocycles. The third kappa shape index (κ3) is 4.25. The van der Waals surface area contributed by atoms with Gasteiger partial charge in [-0.05, 0) is 19.1 Å². The summed E-state index contributed by atoms with van der Waals surface area (Å²) in [5.41, 5.74) is -0.317. The van der Waals surface area contributed by atoms with Gasteiger partial charge in [-0.1, -0.05) is 0 Å². The summed E-state index contributed by atoms with van der Waals surface area (Å²) >= 11 is 0.459. The summed E-state index contributed by atoms with van der Waals surface area (Å²) in [5, 5.41) is 7.75. The number of rotatable bonds is 4. The van der Waals surface area contributed by atoms with Gasteiger partial charge in [0, 0.05) is 22.3 Å². The van der Waals surface area contributed by atoms with Crippen LogP contribution in [0, 0.1) is 6.92 Å². The van der Waals surface area contributed by atoms with Crippen LogP contribution in [0.1, 0.15) is 27.0 Å². The summed E-state index contributed by atoms with van der Waals surface area (Å²) < 4.78 is 37.3. The Bertz CT molecular complexity index is 824. The number of aromatic amines is 1. The maximum Gasteiger partial charge on any atom is 0.443 e. The van der Waals surface area contributed by atoms with Gasteiger partial charge in [0.15, 0.2) is 5.01 Å². The van der Waals surface area contributed by atoms with Gasteiger partial charge in [-0.15, -0.1) is 11.3 Å². The Morgan fingerprint density at radius 3 is 2.65 bits per heavy atom. The average Bonchev–Trinajstić information content (AvgIpc) is 2.89. The Balaban J connectivity index is 2.25. The molecule has 2 N–H and O–H groups in total. The molecule has 10 heteroatoms. The van der Waals surface area contributed by atoms with Crippen LogP contribution in [0.3, 0.4) is 0 Å². The van der Waals surface area contributed by atoms with Crippen molar-refractivity contribution >= 4 is 29.5 Å². The normalized spacial score (nSPS) is 12.0. The molecule has 0 unspecified atom stereocenters. The molecule has 2 heterocycles. The highest BCUT2D eigenvalue weighted by Crippen LogP contribution is 2.32. The highest BCUT2D eigenvalue weighted by atomic mass is 32.1. The number of hydrogen-bond acceptors (Lipinski definition) is 5. The van der Waals surface area contributed by atoms with Crippen molar-refractivity contribution in [3.8, 4) is 0 Å². The number of nitrogens with zero attached hydrogens (tertiary/aromatic N) is 2. The van der Waals surface area contributed by atoms with E-state index in [1.807, 2.05) is 0 Å². The maximum atomic E-state index is 12.4. The number of aromatic nitrogens is 3. The highest BCUT2D eigenvalue weighted by Gasteiger charge is 2.34. The maximum absolute atomic E-state index is 12.4. The van der Waals surface area contributed by atoms with Crippen LogP contribution in [0.4, 0.5) is 13.2 Å². The highest BCUT2D eigenvalue weighted by molar-refractivity contribution is 7.12. The molecule has 0 atom stereocenters. The number of aliphatic carboxylic acids is 1. The molecule has 2 rings (SSSR count). The summed E-state index contributed by atoms with van der Waals surface area (Å²) in [6.45, 7) is 1.49. The molecule has 0 fully saturated rings. The minimum absolute atomic E-state index is 0.0341. The van der Waals surface area contributed by atoms with Crippen LogP contribution >= 0.6 is 11.3 Å². The molecule has 0 aliphatic carbocycles. The van der Waals surface area contributed by atoms with Crippen LogP contribution in [-0.4, -0.2) is 26.0 Å². The second kappa shape index (κ2) is 6.32. The molecule has 6 nitrogen and oxygen atoms in total. The van der Waals surface area contributed by atoms with E-state index >= 15 is 0 Å². The Hall–Kier alpha value is -2.49. The van der Waals surface area contributed by atoms with E-state index in [0.29, 0.717) is 11.3 Å². The van der Waals surface area contributed by atoms with Crippen molar-refractivity contribution in [3.63, 3.8) is 0 Å². The van der Waals surface area contributed by atoms with E-state index in [2.05, 4.69) is 15.0 Å². The Morgan fingerprint density at radius 2 is 2.13 bits per heavy atom.